The normalized spacial score (nSPS) is 15.7. The SMILES string of the molecule is CCCCOc1ccc(C2/C(=C(/O)c3ccc(OC)c(F)c3)C(=O)C(=O)N2c2nnc(SCc3cccc4ccccc34)s2)cc1OC. The second-order valence-electron chi connectivity index (χ2n) is 10.9. The van der Waals surface area contributed by atoms with Gasteiger partial charge in [0.05, 0.1) is 32.4 Å². The molecule has 1 unspecified atom stereocenters. The highest BCUT2D eigenvalue weighted by atomic mass is 32.2. The van der Waals surface area contributed by atoms with E-state index < -0.39 is 29.3 Å². The number of hydrogen-bond acceptors (Lipinski definition) is 10. The molecule has 1 aliphatic rings. The van der Waals surface area contributed by atoms with Crippen molar-refractivity contribution in [1.82, 2.24) is 10.2 Å². The summed E-state index contributed by atoms with van der Waals surface area (Å²) in [6.45, 7) is 2.54. The van der Waals surface area contributed by atoms with E-state index in [4.69, 9.17) is 14.2 Å². The number of rotatable bonds is 12. The van der Waals surface area contributed by atoms with Gasteiger partial charge in [0.1, 0.15) is 5.76 Å². The molecule has 4 aromatic carbocycles. The van der Waals surface area contributed by atoms with Crippen LogP contribution in [0.2, 0.25) is 0 Å². The van der Waals surface area contributed by atoms with Crippen molar-refractivity contribution in [3.8, 4) is 17.2 Å². The van der Waals surface area contributed by atoms with Gasteiger partial charge in [-0.15, -0.1) is 10.2 Å². The van der Waals surface area contributed by atoms with Gasteiger partial charge >= 0.3 is 5.91 Å². The zero-order valence-electron chi connectivity index (χ0n) is 26.4. The molecule has 6 rings (SSSR count). The molecule has 9 nitrogen and oxygen atoms in total. The number of anilines is 1. The molecule has 1 aromatic heterocycles. The molecule has 5 aromatic rings. The molecule has 0 bridgehead atoms. The number of aliphatic hydroxyl groups is 1. The number of unbranched alkanes of at least 4 members (excludes halogenated alkanes) is 1. The largest absolute Gasteiger partial charge is 0.507 e. The van der Waals surface area contributed by atoms with Crippen LogP contribution in [0.3, 0.4) is 0 Å². The van der Waals surface area contributed by atoms with Crippen LogP contribution in [0.5, 0.6) is 17.2 Å². The number of Topliss-reactive ketones (excluding diaryl/α,β-unsaturated/α-hetero) is 1. The van der Waals surface area contributed by atoms with Crippen molar-refractivity contribution in [2.45, 2.75) is 35.9 Å². The summed E-state index contributed by atoms with van der Waals surface area (Å²) in [6, 6.07) is 22.0. The smallest absolute Gasteiger partial charge is 0.301 e. The number of nitrogens with zero attached hydrogens (tertiary/aromatic N) is 3. The lowest BCUT2D eigenvalue weighted by molar-refractivity contribution is -0.132. The third-order valence-corrected chi connectivity index (χ3v) is 10.1. The van der Waals surface area contributed by atoms with Crippen LogP contribution in [0, 0.1) is 5.82 Å². The van der Waals surface area contributed by atoms with E-state index in [9.17, 15) is 19.1 Å². The average Bonchev–Trinajstić information content (AvgIpc) is 3.68. The number of thioether (sulfide) groups is 1. The molecule has 1 fully saturated rings. The van der Waals surface area contributed by atoms with Crippen molar-refractivity contribution < 1.29 is 33.3 Å². The Balaban J connectivity index is 1.40. The fraction of sp³-hybridized carbons (Fsp3) is 0.222. The lowest BCUT2D eigenvalue weighted by atomic mass is 9.95. The molecule has 1 atom stereocenters. The number of halogens is 1. The summed E-state index contributed by atoms with van der Waals surface area (Å²) in [5.41, 5.74) is 1.35. The van der Waals surface area contributed by atoms with Crippen LogP contribution >= 0.6 is 23.1 Å². The van der Waals surface area contributed by atoms with Crippen LogP contribution in [0.4, 0.5) is 9.52 Å². The number of aliphatic hydroxyl groups excluding tert-OH is 1. The van der Waals surface area contributed by atoms with E-state index in [1.54, 1.807) is 18.2 Å². The Hall–Kier alpha value is -4.94. The Labute approximate surface area is 285 Å². The Morgan fingerprint density at radius 1 is 0.958 bits per heavy atom. The van der Waals surface area contributed by atoms with Gasteiger partial charge in [-0.3, -0.25) is 14.5 Å². The van der Waals surface area contributed by atoms with Crippen molar-refractivity contribution in [2.24, 2.45) is 0 Å². The van der Waals surface area contributed by atoms with E-state index in [2.05, 4.69) is 41.4 Å². The van der Waals surface area contributed by atoms with Crippen molar-refractivity contribution in [3.05, 3.63) is 107 Å². The average molecular weight is 686 g/mol. The van der Waals surface area contributed by atoms with Crippen molar-refractivity contribution in [1.29, 1.82) is 0 Å². The minimum Gasteiger partial charge on any atom is -0.507 e. The van der Waals surface area contributed by atoms with E-state index >= 15 is 0 Å². The molecular weight excluding hydrogens is 654 g/mol. The van der Waals surface area contributed by atoms with Gasteiger partial charge in [0.2, 0.25) is 5.13 Å². The predicted octanol–water partition coefficient (Wildman–Crippen LogP) is 7.95. The van der Waals surface area contributed by atoms with Gasteiger partial charge in [0.25, 0.3) is 5.78 Å². The first-order valence-electron chi connectivity index (χ1n) is 15.2. The van der Waals surface area contributed by atoms with E-state index in [-0.39, 0.29) is 22.0 Å². The topological polar surface area (TPSA) is 111 Å². The summed E-state index contributed by atoms with van der Waals surface area (Å²) in [5, 5.41) is 22.6. The highest BCUT2D eigenvalue weighted by Crippen LogP contribution is 2.46. The monoisotopic (exact) mass is 685 g/mol. The Bertz CT molecular complexity index is 2030. The second kappa shape index (κ2) is 14.4. The number of benzene rings is 4. The molecule has 0 saturated carbocycles. The first-order valence-corrected chi connectivity index (χ1v) is 17.0. The van der Waals surface area contributed by atoms with Gasteiger partial charge in [-0.05, 0) is 58.7 Å². The van der Waals surface area contributed by atoms with E-state index in [0.717, 1.165) is 46.6 Å². The van der Waals surface area contributed by atoms with Crippen molar-refractivity contribution in [2.75, 3.05) is 25.7 Å². The highest BCUT2D eigenvalue weighted by molar-refractivity contribution is 8.00. The van der Waals surface area contributed by atoms with Crippen LogP contribution in [0.25, 0.3) is 16.5 Å². The molecule has 0 spiro atoms. The number of carbonyl (C=O) groups is 2. The molecule has 0 radical (unpaired) electrons. The highest BCUT2D eigenvalue weighted by Gasteiger charge is 2.48. The minimum atomic E-state index is -1.13. The number of fused-ring (bicyclic) bond motifs is 1. The zero-order valence-corrected chi connectivity index (χ0v) is 28.1. The van der Waals surface area contributed by atoms with Crippen LogP contribution in [0.15, 0.2) is 88.8 Å². The summed E-state index contributed by atoms with van der Waals surface area (Å²) in [4.78, 5) is 28.7. The quantitative estimate of drug-likeness (QED) is 0.0349. The van der Waals surface area contributed by atoms with E-state index in [1.165, 1.54) is 43.0 Å². The summed E-state index contributed by atoms with van der Waals surface area (Å²) in [7, 11) is 2.82. The molecule has 1 saturated heterocycles. The fourth-order valence-corrected chi connectivity index (χ4v) is 7.40. The lowest BCUT2D eigenvalue weighted by Crippen LogP contribution is -2.29. The summed E-state index contributed by atoms with van der Waals surface area (Å²) >= 11 is 2.62. The molecule has 48 heavy (non-hydrogen) atoms. The number of carbonyl (C=O) groups excluding carboxylic acids is 2. The Morgan fingerprint density at radius 2 is 1.73 bits per heavy atom. The number of ether oxygens (including phenoxy) is 3. The van der Waals surface area contributed by atoms with Gasteiger partial charge in [0, 0.05) is 11.3 Å². The molecule has 246 valence electrons. The molecular formula is C36H32FN3O6S2. The maximum absolute atomic E-state index is 14.7. The van der Waals surface area contributed by atoms with Crippen LogP contribution in [0.1, 0.15) is 42.5 Å². The van der Waals surface area contributed by atoms with Gasteiger partial charge in [-0.1, -0.05) is 85.0 Å². The van der Waals surface area contributed by atoms with E-state index in [1.807, 2.05) is 18.2 Å². The Morgan fingerprint density at radius 3 is 2.50 bits per heavy atom. The van der Waals surface area contributed by atoms with Gasteiger partial charge in [-0.25, -0.2) is 4.39 Å². The number of amides is 1. The third-order valence-electron chi connectivity index (χ3n) is 7.96. The van der Waals surface area contributed by atoms with Crippen LogP contribution < -0.4 is 19.1 Å². The molecule has 1 N–H and O–H groups in total. The van der Waals surface area contributed by atoms with Crippen molar-refractivity contribution in [3.63, 3.8) is 0 Å². The molecule has 2 heterocycles. The number of aromatic nitrogens is 2. The maximum Gasteiger partial charge on any atom is 0.301 e. The first kappa shape index (κ1) is 33.0. The van der Waals surface area contributed by atoms with Crippen LogP contribution in [-0.2, 0) is 15.3 Å². The van der Waals surface area contributed by atoms with Gasteiger partial charge in [-0.2, -0.15) is 0 Å². The van der Waals surface area contributed by atoms with Gasteiger partial charge in [0.15, 0.2) is 27.4 Å². The number of methoxy groups -OCH3 is 2. The number of hydrogen-bond donors (Lipinski definition) is 1. The summed E-state index contributed by atoms with van der Waals surface area (Å²) < 4.78 is 31.8. The molecule has 1 aliphatic heterocycles. The van der Waals surface area contributed by atoms with Crippen LogP contribution in [-0.4, -0.2) is 47.8 Å². The standard InChI is InChI=1S/C36H32FN3O6S2/c1-4-5-17-46-28-16-13-22(19-29(28)45-3)31-30(32(41)23-14-15-27(44-2)26(37)18-23)33(42)34(43)40(31)35-38-39-36(48-35)47-20-24-11-8-10-21-9-6-7-12-25(21)24/h6-16,18-19,31,41H,4-5,17,20H2,1-3H3/b32-30-. The van der Waals surface area contributed by atoms with Gasteiger partial charge < -0.3 is 19.3 Å². The predicted molar refractivity (Wildman–Crippen MR) is 185 cm³/mol. The fourth-order valence-electron chi connectivity index (χ4n) is 5.53. The molecule has 0 aliphatic carbocycles. The molecule has 12 heteroatoms. The van der Waals surface area contributed by atoms with Crippen molar-refractivity contribution >= 4 is 56.5 Å². The lowest BCUT2D eigenvalue weighted by Gasteiger charge is -2.23. The maximum atomic E-state index is 14.7. The minimum absolute atomic E-state index is 0.00591. The second-order valence-corrected chi connectivity index (χ2v) is 13.1. The summed E-state index contributed by atoms with van der Waals surface area (Å²) in [5.74, 6) is -1.68. The zero-order chi connectivity index (χ0) is 33.8. The third kappa shape index (κ3) is 6.45. The first-order chi connectivity index (χ1) is 23.3. The van der Waals surface area contributed by atoms with E-state index in [0.29, 0.717) is 33.8 Å². The summed E-state index contributed by atoms with van der Waals surface area (Å²) in [6.07, 6.45) is 1.80. The molecule has 1 amide bonds. The number of ketones is 1. The Kier molecular flexibility index (Phi) is 9.93.